The summed E-state index contributed by atoms with van der Waals surface area (Å²) in [6.07, 6.45) is 0. The molecule has 0 unspecified atom stereocenters. The van der Waals surface area contributed by atoms with Crippen LogP contribution in [0.3, 0.4) is 0 Å². The van der Waals surface area contributed by atoms with E-state index in [2.05, 4.69) is 0 Å². The molecule has 74 valence electrons. The summed E-state index contributed by atoms with van der Waals surface area (Å²) < 4.78 is 20.0. The predicted octanol–water partition coefficient (Wildman–Crippen LogP) is 0.798. The highest BCUT2D eigenvalue weighted by Gasteiger charge is 2.22. The van der Waals surface area contributed by atoms with Gasteiger partial charge in [0, 0.05) is 0 Å². The molecule has 0 saturated heterocycles. The third-order valence-electron chi connectivity index (χ3n) is 1.60. The fraction of sp³-hybridized carbons (Fsp3) is 0.500. The van der Waals surface area contributed by atoms with Gasteiger partial charge < -0.3 is 23.7 Å². The van der Waals surface area contributed by atoms with E-state index in [1.807, 2.05) is 0 Å². The first-order valence-corrected chi connectivity index (χ1v) is 3.67. The molecule has 0 aliphatic heterocycles. The first-order valence-electron chi connectivity index (χ1n) is 3.67. The van der Waals surface area contributed by atoms with Crippen molar-refractivity contribution in [3.8, 4) is 17.4 Å². The van der Waals surface area contributed by atoms with E-state index in [-0.39, 0.29) is 18.3 Å². The summed E-state index contributed by atoms with van der Waals surface area (Å²) in [5.41, 5.74) is 0. The number of furan rings is 1. The minimum Gasteiger partial charge on any atom is -0.490 e. The monoisotopic (exact) mass is 188 g/mol. The zero-order valence-corrected chi connectivity index (χ0v) is 7.79. The van der Waals surface area contributed by atoms with E-state index in [1.54, 1.807) is 0 Å². The van der Waals surface area contributed by atoms with Gasteiger partial charge >= 0.3 is 5.95 Å². The molecule has 0 fully saturated rings. The Morgan fingerprint density at radius 1 is 1.08 bits per heavy atom. The SMILES string of the molecule is COc1oc(CO)c(OC)c1OC. The van der Waals surface area contributed by atoms with Crippen LogP contribution in [0.25, 0.3) is 0 Å². The van der Waals surface area contributed by atoms with E-state index in [0.717, 1.165) is 0 Å². The van der Waals surface area contributed by atoms with Crippen LogP contribution >= 0.6 is 0 Å². The smallest absolute Gasteiger partial charge is 0.332 e. The van der Waals surface area contributed by atoms with Crippen molar-refractivity contribution in [3.05, 3.63) is 5.76 Å². The Bertz CT molecular complexity index is 252. The molecule has 0 aliphatic rings. The van der Waals surface area contributed by atoms with Gasteiger partial charge in [0.2, 0.25) is 11.5 Å². The molecule has 1 aromatic heterocycles. The molecule has 0 radical (unpaired) electrons. The number of methoxy groups -OCH3 is 3. The van der Waals surface area contributed by atoms with Crippen LogP contribution in [-0.4, -0.2) is 26.4 Å². The first kappa shape index (κ1) is 9.73. The standard InChI is InChI=1S/C8H12O5/c1-10-6-5(4-9)13-8(12-3)7(6)11-2/h9H,4H2,1-3H3. The second kappa shape index (κ2) is 4.04. The fourth-order valence-electron chi connectivity index (χ4n) is 1.04. The van der Waals surface area contributed by atoms with Crippen molar-refractivity contribution in [3.63, 3.8) is 0 Å². The molecule has 1 aromatic rings. The number of hydrogen-bond donors (Lipinski definition) is 1. The van der Waals surface area contributed by atoms with Crippen LogP contribution < -0.4 is 14.2 Å². The molecular weight excluding hydrogens is 176 g/mol. The van der Waals surface area contributed by atoms with Gasteiger partial charge in [-0.3, -0.25) is 0 Å². The largest absolute Gasteiger partial charge is 0.490 e. The van der Waals surface area contributed by atoms with Gasteiger partial charge in [-0.1, -0.05) is 0 Å². The molecule has 0 amide bonds. The Morgan fingerprint density at radius 3 is 2.08 bits per heavy atom. The summed E-state index contributed by atoms with van der Waals surface area (Å²) >= 11 is 0. The zero-order chi connectivity index (χ0) is 9.84. The number of aliphatic hydroxyl groups is 1. The van der Waals surface area contributed by atoms with Crippen molar-refractivity contribution >= 4 is 0 Å². The summed E-state index contributed by atoms with van der Waals surface area (Å²) in [4.78, 5) is 0. The molecule has 0 atom stereocenters. The summed E-state index contributed by atoms with van der Waals surface area (Å²) in [6, 6.07) is 0. The van der Waals surface area contributed by atoms with Gasteiger partial charge in [-0.25, -0.2) is 0 Å². The van der Waals surface area contributed by atoms with Crippen molar-refractivity contribution in [2.45, 2.75) is 6.61 Å². The van der Waals surface area contributed by atoms with Gasteiger partial charge in [-0.2, -0.15) is 0 Å². The number of ether oxygens (including phenoxy) is 3. The van der Waals surface area contributed by atoms with E-state index in [0.29, 0.717) is 11.5 Å². The van der Waals surface area contributed by atoms with Gasteiger partial charge in [0.05, 0.1) is 21.3 Å². The molecular formula is C8H12O5. The normalized spacial score (nSPS) is 9.85. The molecule has 0 aliphatic carbocycles. The lowest BCUT2D eigenvalue weighted by Crippen LogP contribution is -1.91. The molecule has 0 bridgehead atoms. The Morgan fingerprint density at radius 2 is 1.69 bits per heavy atom. The van der Waals surface area contributed by atoms with Crippen molar-refractivity contribution < 1.29 is 23.7 Å². The Balaban J connectivity index is 3.17. The topological polar surface area (TPSA) is 61.1 Å². The Labute approximate surface area is 75.8 Å². The lowest BCUT2D eigenvalue weighted by atomic mass is 10.4. The van der Waals surface area contributed by atoms with Crippen LogP contribution in [0, 0.1) is 0 Å². The summed E-state index contributed by atoms with van der Waals surface area (Å²) in [7, 11) is 4.38. The average molecular weight is 188 g/mol. The third-order valence-corrected chi connectivity index (χ3v) is 1.60. The Hall–Kier alpha value is -1.36. The zero-order valence-electron chi connectivity index (χ0n) is 7.79. The van der Waals surface area contributed by atoms with E-state index in [9.17, 15) is 0 Å². The van der Waals surface area contributed by atoms with Crippen LogP contribution in [0.15, 0.2) is 4.42 Å². The number of hydrogen-bond acceptors (Lipinski definition) is 5. The van der Waals surface area contributed by atoms with Gasteiger partial charge in [0.25, 0.3) is 0 Å². The highest BCUT2D eigenvalue weighted by atomic mass is 16.6. The number of rotatable bonds is 4. The van der Waals surface area contributed by atoms with Crippen LogP contribution in [0.4, 0.5) is 0 Å². The quantitative estimate of drug-likeness (QED) is 0.757. The average Bonchev–Trinajstić information content (AvgIpc) is 2.54. The van der Waals surface area contributed by atoms with Crippen LogP contribution in [0.5, 0.6) is 17.4 Å². The van der Waals surface area contributed by atoms with E-state index < -0.39 is 0 Å². The first-order chi connectivity index (χ1) is 6.28. The maximum atomic E-state index is 8.89. The minimum atomic E-state index is -0.261. The van der Waals surface area contributed by atoms with E-state index in [1.165, 1.54) is 21.3 Å². The predicted molar refractivity (Wildman–Crippen MR) is 44.3 cm³/mol. The molecule has 0 spiro atoms. The molecule has 13 heavy (non-hydrogen) atoms. The fourth-order valence-corrected chi connectivity index (χ4v) is 1.04. The maximum Gasteiger partial charge on any atom is 0.332 e. The lowest BCUT2D eigenvalue weighted by Gasteiger charge is -2.01. The minimum absolute atomic E-state index is 0.198. The molecule has 1 rings (SSSR count). The third kappa shape index (κ3) is 1.55. The van der Waals surface area contributed by atoms with Crippen LogP contribution in [-0.2, 0) is 6.61 Å². The molecule has 5 nitrogen and oxygen atoms in total. The summed E-state index contributed by atoms with van der Waals surface area (Å²) in [5, 5.41) is 8.89. The Kier molecular flexibility index (Phi) is 3.02. The van der Waals surface area contributed by atoms with Crippen molar-refractivity contribution in [1.29, 1.82) is 0 Å². The molecule has 1 heterocycles. The van der Waals surface area contributed by atoms with Gasteiger partial charge in [-0.15, -0.1) is 0 Å². The van der Waals surface area contributed by atoms with Crippen molar-refractivity contribution in [2.75, 3.05) is 21.3 Å². The molecule has 5 heteroatoms. The second-order valence-electron chi connectivity index (χ2n) is 2.24. The van der Waals surface area contributed by atoms with E-state index >= 15 is 0 Å². The molecule has 0 aromatic carbocycles. The molecule has 1 N–H and O–H groups in total. The van der Waals surface area contributed by atoms with Crippen LogP contribution in [0.2, 0.25) is 0 Å². The van der Waals surface area contributed by atoms with Gasteiger partial charge in [0.15, 0.2) is 5.76 Å². The van der Waals surface area contributed by atoms with Gasteiger partial charge in [0.1, 0.15) is 6.61 Å². The molecule has 0 saturated carbocycles. The maximum absolute atomic E-state index is 8.89. The van der Waals surface area contributed by atoms with Crippen molar-refractivity contribution in [1.82, 2.24) is 0 Å². The highest BCUT2D eigenvalue weighted by Crippen LogP contribution is 2.42. The van der Waals surface area contributed by atoms with Gasteiger partial charge in [-0.05, 0) is 0 Å². The summed E-state index contributed by atoms with van der Waals surface area (Å²) in [5.74, 6) is 1.20. The van der Waals surface area contributed by atoms with Crippen LogP contribution in [0.1, 0.15) is 5.76 Å². The summed E-state index contributed by atoms with van der Waals surface area (Å²) in [6.45, 7) is -0.261. The lowest BCUT2D eigenvalue weighted by molar-refractivity contribution is 0.216. The second-order valence-corrected chi connectivity index (χ2v) is 2.24. The van der Waals surface area contributed by atoms with Crippen molar-refractivity contribution in [2.24, 2.45) is 0 Å². The number of aliphatic hydroxyl groups excluding tert-OH is 1. The highest BCUT2D eigenvalue weighted by molar-refractivity contribution is 5.49. The van der Waals surface area contributed by atoms with E-state index in [4.69, 9.17) is 23.7 Å².